The van der Waals surface area contributed by atoms with Gasteiger partial charge >= 0.3 is 0 Å². The van der Waals surface area contributed by atoms with Gasteiger partial charge in [-0.05, 0) is 50.1 Å². The van der Waals surface area contributed by atoms with Gasteiger partial charge in [-0.2, -0.15) is 5.10 Å². The number of ether oxygens (including phenoxy) is 2. The molecule has 0 amide bonds. The van der Waals surface area contributed by atoms with Crippen molar-refractivity contribution < 1.29 is 9.47 Å². The van der Waals surface area contributed by atoms with Gasteiger partial charge in [0.25, 0.3) is 0 Å². The molecule has 29 heavy (non-hydrogen) atoms. The first kappa shape index (κ1) is 19.8. The molecule has 3 aromatic rings. The van der Waals surface area contributed by atoms with Crippen LogP contribution >= 0.6 is 0 Å². The fourth-order valence-corrected chi connectivity index (χ4v) is 3.51. The minimum Gasteiger partial charge on any atom is -0.379 e. The molecule has 1 saturated heterocycles. The number of para-hydroxylation sites is 1. The molecule has 1 aliphatic heterocycles. The summed E-state index contributed by atoms with van der Waals surface area (Å²) < 4.78 is 13.2. The van der Waals surface area contributed by atoms with E-state index in [9.17, 15) is 0 Å². The first-order valence-corrected chi connectivity index (χ1v) is 10.3. The van der Waals surface area contributed by atoms with Crippen molar-refractivity contribution in [1.82, 2.24) is 20.1 Å². The van der Waals surface area contributed by atoms with Gasteiger partial charge in [-0.3, -0.25) is 4.98 Å². The molecular weight excluding hydrogens is 364 g/mol. The first-order chi connectivity index (χ1) is 14.4. The highest BCUT2D eigenvalue weighted by Gasteiger charge is 2.15. The Morgan fingerprint density at radius 2 is 2.10 bits per heavy atom. The number of benzene rings is 1. The fraction of sp³-hybridized carbons (Fsp3) is 0.391. The van der Waals surface area contributed by atoms with Crippen molar-refractivity contribution in [3.05, 3.63) is 66.6 Å². The fourth-order valence-electron chi connectivity index (χ4n) is 3.51. The summed E-state index contributed by atoms with van der Waals surface area (Å²) in [6.07, 6.45) is 9.30. The molecule has 0 bridgehead atoms. The molecule has 4 rings (SSSR count). The Morgan fingerprint density at radius 1 is 1.17 bits per heavy atom. The molecule has 3 heterocycles. The molecule has 6 nitrogen and oxygen atoms in total. The van der Waals surface area contributed by atoms with Crippen molar-refractivity contribution in [3.8, 4) is 16.9 Å². The van der Waals surface area contributed by atoms with Gasteiger partial charge in [0, 0.05) is 49.5 Å². The van der Waals surface area contributed by atoms with E-state index in [1.54, 1.807) is 6.20 Å². The van der Waals surface area contributed by atoms with Crippen molar-refractivity contribution in [2.24, 2.45) is 0 Å². The van der Waals surface area contributed by atoms with Crippen molar-refractivity contribution in [2.45, 2.75) is 31.9 Å². The summed E-state index contributed by atoms with van der Waals surface area (Å²) in [6, 6.07) is 14.2. The van der Waals surface area contributed by atoms with E-state index in [4.69, 9.17) is 14.6 Å². The van der Waals surface area contributed by atoms with Crippen molar-refractivity contribution in [3.63, 3.8) is 0 Å². The third-order valence-electron chi connectivity index (χ3n) is 5.03. The molecule has 0 aliphatic carbocycles. The topological polar surface area (TPSA) is 61.2 Å². The average molecular weight is 393 g/mol. The number of hydrogen-bond acceptors (Lipinski definition) is 5. The molecule has 152 valence electrons. The highest BCUT2D eigenvalue weighted by atomic mass is 16.5. The molecule has 6 heteroatoms. The van der Waals surface area contributed by atoms with Crippen molar-refractivity contribution in [2.75, 3.05) is 26.4 Å². The Balaban J connectivity index is 1.32. The van der Waals surface area contributed by atoms with Gasteiger partial charge in [-0.15, -0.1) is 0 Å². The minimum atomic E-state index is 0.300. The third-order valence-corrected chi connectivity index (χ3v) is 5.03. The standard InChI is InChI=1S/C23H28N4O2/c1-2-8-21(9-3-1)27-17-20(23(26-27)19-7-4-11-24-15-19)16-25-12-6-13-28-18-22-10-5-14-29-22/h1-4,7-9,11,15,17,22,25H,5-6,10,12-14,16,18H2. The second-order valence-electron chi connectivity index (χ2n) is 7.27. The molecule has 1 fully saturated rings. The lowest BCUT2D eigenvalue weighted by molar-refractivity contribution is 0.0166. The number of aromatic nitrogens is 3. The van der Waals surface area contributed by atoms with Gasteiger partial charge in [0.1, 0.15) is 0 Å². The predicted molar refractivity (Wildman–Crippen MR) is 113 cm³/mol. The van der Waals surface area contributed by atoms with Crippen LogP contribution in [0.15, 0.2) is 61.1 Å². The Morgan fingerprint density at radius 3 is 2.90 bits per heavy atom. The molecule has 1 unspecified atom stereocenters. The summed E-state index contributed by atoms with van der Waals surface area (Å²) >= 11 is 0. The molecule has 0 radical (unpaired) electrons. The van der Waals surface area contributed by atoms with Gasteiger partial charge in [-0.1, -0.05) is 18.2 Å². The lowest BCUT2D eigenvalue weighted by Crippen LogP contribution is -2.19. The maximum absolute atomic E-state index is 5.74. The zero-order valence-corrected chi connectivity index (χ0v) is 16.7. The monoisotopic (exact) mass is 392 g/mol. The molecule has 0 spiro atoms. The highest BCUT2D eigenvalue weighted by molar-refractivity contribution is 5.62. The van der Waals surface area contributed by atoms with Crippen molar-refractivity contribution >= 4 is 0 Å². The predicted octanol–water partition coefficient (Wildman–Crippen LogP) is 3.61. The number of rotatable bonds is 10. The molecular formula is C23H28N4O2. The molecule has 1 aromatic carbocycles. The zero-order valence-electron chi connectivity index (χ0n) is 16.7. The van der Waals surface area contributed by atoms with E-state index in [1.807, 2.05) is 41.2 Å². The zero-order chi connectivity index (χ0) is 19.7. The average Bonchev–Trinajstić information content (AvgIpc) is 3.44. The molecule has 2 aromatic heterocycles. The van der Waals surface area contributed by atoms with E-state index in [0.29, 0.717) is 6.10 Å². The van der Waals surface area contributed by atoms with Crippen LogP contribution in [0.25, 0.3) is 16.9 Å². The molecule has 0 saturated carbocycles. The number of nitrogens with one attached hydrogen (secondary N) is 1. The Hall–Kier alpha value is -2.54. The lowest BCUT2D eigenvalue weighted by atomic mass is 10.1. The van der Waals surface area contributed by atoms with Crippen LogP contribution in [-0.4, -0.2) is 47.2 Å². The Labute approximate surface area is 171 Å². The van der Waals surface area contributed by atoms with Crippen LogP contribution in [0.2, 0.25) is 0 Å². The second-order valence-corrected chi connectivity index (χ2v) is 7.27. The van der Waals surface area contributed by atoms with Gasteiger partial charge in [-0.25, -0.2) is 4.68 Å². The smallest absolute Gasteiger partial charge is 0.0988 e. The SMILES string of the molecule is c1ccc(-n2cc(CNCCCOCC3CCCO3)c(-c3cccnc3)n2)cc1. The Bertz CT molecular complexity index is 861. The van der Waals surface area contributed by atoms with E-state index in [2.05, 4.69) is 28.6 Å². The summed E-state index contributed by atoms with van der Waals surface area (Å²) in [5.41, 5.74) is 4.19. The summed E-state index contributed by atoms with van der Waals surface area (Å²) in [5, 5.41) is 8.34. The molecule has 1 N–H and O–H groups in total. The normalized spacial score (nSPS) is 16.3. The van der Waals surface area contributed by atoms with Crippen LogP contribution in [0.4, 0.5) is 0 Å². The first-order valence-electron chi connectivity index (χ1n) is 10.3. The second kappa shape index (κ2) is 10.3. The summed E-state index contributed by atoms with van der Waals surface area (Å²) in [5.74, 6) is 0. The van der Waals surface area contributed by atoms with Crippen LogP contribution in [-0.2, 0) is 16.0 Å². The largest absolute Gasteiger partial charge is 0.379 e. The number of nitrogens with zero attached hydrogens (tertiary/aromatic N) is 3. The summed E-state index contributed by atoms with van der Waals surface area (Å²) in [6.45, 7) is 4.00. The van der Waals surface area contributed by atoms with E-state index in [-0.39, 0.29) is 0 Å². The van der Waals surface area contributed by atoms with Gasteiger partial charge in [0.05, 0.1) is 24.1 Å². The minimum absolute atomic E-state index is 0.300. The quantitative estimate of drug-likeness (QED) is 0.534. The summed E-state index contributed by atoms with van der Waals surface area (Å²) in [4.78, 5) is 4.25. The van der Waals surface area contributed by atoms with Crippen LogP contribution in [0.5, 0.6) is 0 Å². The lowest BCUT2D eigenvalue weighted by Gasteiger charge is -2.10. The van der Waals surface area contributed by atoms with E-state index >= 15 is 0 Å². The van der Waals surface area contributed by atoms with Crippen molar-refractivity contribution in [1.29, 1.82) is 0 Å². The van der Waals surface area contributed by atoms with E-state index in [1.165, 1.54) is 0 Å². The molecule has 1 atom stereocenters. The maximum Gasteiger partial charge on any atom is 0.0988 e. The van der Waals surface area contributed by atoms with Crippen LogP contribution in [0.3, 0.4) is 0 Å². The van der Waals surface area contributed by atoms with E-state index < -0.39 is 0 Å². The van der Waals surface area contributed by atoms with Crippen LogP contribution in [0, 0.1) is 0 Å². The molecule has 1 aliphatic rings. The number of pyridine rings is 1. The maximum atomic E-state index is 5.74. The third kappa shape index (κ3) is 5.50. The highest BCUT2D eigenvalue weighted by Crippen LogP contribution is 2.23. The van der Waals surface area contributed by atoms with E-state index in [0.717, 1.165) is 74.7 Å². The van der Waals surface area contributed by atoms with Crippen LogP contribution < -0.4 is 5.32 Å². The number of hydrogen-bond donors (Lipinski definition) is 1. The van der Waals surface area contributed by atoms with Gasteiger partial charge in [0.2, 0.25) is 0 Å². The van der Waals surface area contributed by atoms with Crippen LogP contribution in [0.1, 0.15) is 24.8 Å². The van der Waals surface area contributed by atoms with Gasteiger partial charge in [0.15, 0.2) is 0 Å². The van der Waals surface area contributed by atoms with Gasteiger partial charge < -0.3 is 14.8 Å². The Kier molecular flexibility index (Phi) is 7.02. The summed E-state index contributed by atoms with van der Waals surface area (Å²) in [7, 11) is 0.